The number of nitrogens with zero attached hydrogens (tertiary/aromatic N) is 1. The Morgan fingerprint density at radius 1 is 1.32 bits per heavy atom. The van der Waals surface area contributed by atoms with Crippen molar-refractivity contribution in [3.05, 3.63) is 28.5 Å². The lowest BCUT2D eigenvalue weighted by molar-refractivity contribution is 0.456. The molecule has 1 aromatic carbocycles. The fourth-order valence-electron chi connectivity index (χ4n) is 2.54. The number of rotatable bonds is 1. The van der Waals surface area contributed by atoms with Crippen molar-refractivity contribution in [3.63, 3.8) is 0 Å². The Bertz CT molecular complexity index is 712. The van der Waals surface area contributed by atoms with Crippen molar-refractivity contribution < 1.29 is 13.0 Å². The Labute approximate surface area is 116 Å². The molecule has 2 aromatic rings. The maximum absolute atomic E-state index is 14.0. The average Bonchev–Trinajstić information content (AvgIpc) is 2.72. The summed E-state index contributed by atoms with van der Waals surface area (Å²) in [4.78, 5) is 2.90. The van der Waals surface area contributed by atoms with E-state index >= 15 is 0 Å². The monoisotopic (exact) mass is 302 g/mol. The molecule has 1 aliphatic rings. The van der Waals surface area contributed by atoms with Gasteiger partial charge in [0, 0.05) is 28.3 Å². The average molecular weight is 302 g/mol. The summed E-state index contributed by atoms with van der Waals surface area (Å²) in [6.07, 6.45) is 1.34. The summed E-state index contributed by atoms with van der Waals surface area (Å²) in [5, 5.41) is 0. The molecule has 0 spiro atoms. The molecule has 102 valence electrons. The summed E-state index contributed by atoms with van der Waals surface area (Å²) in [6, 6.07) is 2.56. The fraction of sp³-hybridized carbons (Fsp3) is 0.417. The highest BCUT2D eigenvalue weighted by atomic mass is 32.2. The second-order valence-electron chi connectivity index (χ2n) is 4.64. The lowest BCUT2D eigenvalue weighted by Crippen LogP contribution is -2.22. The van der Waals surface area contributed by atoms with Gasteiger partial charge in [0.05, 0.1) is 5.52 Å². The van der Waals surface area contributed by atoms with Crippen LogP contribution in [-0.2, 0) is 10.8 Å². The van der Waals surface area contributed by atoms with Crippen molar-refractivity contribution in [3.8, 4) is 0 Å². The smallest absolute Gasteiger partial charge is 0.184 e. The van der Waals surface area contributed by atoms with Gasteiger partial charge in [-0.15, -0.1) is 0 Å². The van der Waals surface area contributed by atoms with Gasteiger partial charge in [0.1, 0.15) is 5.52 Å². The topological polar surface area (TPSA) is 37.8 Å². The van der Waals surface area contributed by atoms with Crippen LogP contribution in [0.25, 0.3) is 11.0 Å². The van der Waals surface area contributed by atoms with Crippen molar-refractivity contribution in [2.24, 2.45) is 0 Å². The SMILES string of the molecule is O=S1CCC(n2c(=S)[nH]c3ccc(F)c(F)c32)CC1. The summed E-state index contributed by atoms with van der Waals surface area (Å²) in [5.74, 6) is -0.599. The van der Waals surface area contributed by atoms with Gasteiger partial charge in [-0.1, -0.05) is 0 Å². The molecule has 3 rings (SSSR count). The summed E-state index contributed by atoms with van der Waals surface area (Å²) < 4.78 is 40.8. The maximum atomic E-state index is 14.0. The first kappa shape index (κ1) is 12.9. The molecule has 19 heavy (non-hydrogen) atoms. The minimum absolute atomic E-state index is 0.0183. The van der Waals surface area contributed by atoms with Crippen molar-refractivity contribution >= 4 is 34.1 Å². The van der Waals surface area contributed by atoms with Crippen molar-refractivity contribution in [2.45, 2.75) is 18.9 Å². The highest BCUT2D eigenvalue weighted by Crippen LogP contribution is 2.29. The number of fused-ring (bicyclic) bond motifs is 1. The van der Waals surface area contributed by atoms with Gasteiger partial charge in [-0.25, -0.2) is 8.78 Å². The number of aromatic amines is 1. The van der Waals surface area contributed by atoms with Crippen LogP contribution in [0, 0.1) is 16.4 Å². The Hall–Kier alpha value is -1.08. The first-order valence-electron chi connectivity index (χ1n) is 6.01. The quantitative estimate of drug-likeness (QED) is 0.822. The molecule has 7 heteroatoms. The zero-order valence-corrected chi connectivity index (χ0v) is 11.6. The molecule has 1 saturated heterocycles. The second-order valence-corrected chi connectivity index (χ2v) is 6.72. The molecule has 1 fully saturated rings. The molecule has 0 atom stereocenters. The number of H-pyrrole nitrogens is 1. The second kappa shape index (κ2) is 4.79. The van der Waals surface area contributed by atoms with Gasteiger partial charge >= 0.3 is 0 Å². The van der Waals surface area contributed by atoms with Gasteiger partial charge < -0.3 is 9.55 Å². The van der Waals surface area contributed by atoms with E-state index in [9.17, 15) is 13.0 Å². The number of hydrogen-bond donors (Lipinski definition) is 1. The van der Waals surface area contributed by atoms with E-state index in [0.717, 1.165) is 6.07 Å². The van der Waals surface area contributed by atoms with Crippen LogP contribution in [0.3, 0.4) is 0 Å². The molecule has 0 bridgehead atoms. The summed E-state index contributed by atoms with van der Waals surface area (Å²) >= 11 is 5.21. The minimum Gasteiger partial charge on any atom is -0.330 e. The van der Waals surface area contributed by atoms with E-state index in [1.54, 1.807) is 4.57 Å². The molecule has 1 aromatic heterocycles. The Kier molecular flexibility index (Phi) is 3.26. The molecule has 3 nitrogen and oxygen atoms in total. The van der Waals surface area contributed by atoms with Gasteiger partial charge in [-0.2, -0.15) is 0 Å². The largest absolute Gasteiger partial charge is 0.330 e. The van der Waals surface area contributed by atoms with Crippen LogP contribution >= 0.6 is 12.2 Å². The van der Waals surface area contributed by atoms with Crippen LogP contribution in [0.1, 0.15) is 18.9 Å². The molecule has 0 saturated carbocycles. The van der Waals surface area contributed by atoms with Gasteiger partial charge in [0.25, 0.3) is 0 Å². The van der Waals surface area contributed by atoms with E-state index in [1.165, 1.54) is 6.07 Å². The lowest BCUT2D eigenvalue weighted by atomic mass is 10.1. The zero-order chi connectivity index (χ0) is 13.6. The first-order valence-corrected chi connectivity index (χ1v) is 7.90. The van der Waals surface area contributed by atoms with E-state index < -0.39 is 22.4 Å². The van der Waals surface area contributed by atoms with Crippen molar-refractivity contribution in [1.82, 2.24) is 9.55 Å². The molecule has 0 aliphatic carbocycles. The number of halogens is 2. The van der Waals surface area contributed by atoms with Gasteiger partial charge in [0.2, 0.25) is 0 Å². The highest BCUT2D eigenvalue weighted by molar-refractivity contribution is 7.85. The fourth-order valence-corrected chi connectivity index (χ4v) is 4.17. The number of hydrogen-bond acceptors (Lipinski definition) is 2. The zero-order valence-electron chi connectivity index (χ0n) is 9.99. The van der Waals surface area contributed by atoms with E-state index in [0.29, 0.717) is 34.6 Å². The van der Waals surface area contributed by atoms with Crippen LogP contribution in [0.5, 0.6) is 0 Å². The van der Waals surface area contributed by atoms with Crippen LogP contribution < -0.4 is 0 Å². The molecule has 0 amide bonds. The van der Waals surface area contributed by atoms with Gasteiger partial charge in [-0.05, 0) is 37.2 Å². The standard InChI is InChI=1S/C12H12F2N2OS2/c13-8-1-2-9-11(10(8)14)16(12(18)15-9)7-3-5-19(17)6-4-7/h1-2,7H,3-6H2,(H,15,18). The van der Waals surface area contributed by atoms with E-state index in [4.69, 9.17) is 12.2 Å². The molecule has 1 N–H and O–H groups in total. The van der Waals surface area contributed by atoms with Gasteiger partial charge in [-0.3, -0.25) is 4.21 Å². The third-order valence-electron chi connectivity index (χ3n) is 3.49. The van der Waals surface area contributed by atoms with Crippen molar-refractivity contribution in [2.75, 3.05) is 11.5 Å². The molecular weight excluding hydrogens is 290 g/mol. The van der Waals surface area contributed by atoms with Crippen LogP contribution in [0.2, 0.25) is 0 Å². The predicted molar refractivity (Wildman–Crippen MR) is 73.2 cm³/mol. The number of imidazole rings is 1. The summed E-state index contributed by atoms with van der Waals surface area (Å²) in [5.41, 5.74) is 0.679. The summed E-state index contributed by atoms with van der Waals surface area (Å²) in [6.45, 7) is 0. The van der Waals surface area contributed by atoms with E-state index in [2.05, 4.69) is 4.98 Å². The molecule has 0 radical (unpaired) electrons. The van der Waals surface area contributed by atoms with Crippen molar-refractivity contribution in [1.29, 1.82) is 0 Å². The maximum Gasteiger partial charge on any atom is 0.184 e. The molecule has 2 heterocycles. The molecule has 0 unspecified atom stereocenters. The van der Waals surface area contributed by atoms with Crippen LogP contribution in [-0.4, -0.2) is 25.3 Å². The third kappa shape index (κ3) is 2.14. The third-order valence-corrected chi connectivity index (χ3v) is 5.17. The normalized spacial score (nSPS) is 23.9. The number of benzene rings is 1. The minimum atomic E-state index is -0.880. The molecular formula is C12H12F2N2OS2. The first-order chi connectivity index (χ1) is 9.08. The van der Waals surface area contributed by atoms with E-state index in [1.807, 2.05) is 0 Å². The Morgan fingerprint density at radius 2 is 2.00 bits per heavy atom. The lowest BCUT2D eigenvalue weighted by Gasteiger charge is -2.23. The number of nitrogens with one attached hydrogen (secondary N) is 1. The van der Waals surface area contributed by atoms with Crippen LogP contribution in [0.4, 0.5) is 8.78 Å². The summed E-state index contributed by atoms with van der Waals surface area (Å²) in [7, 11) is -0.798. The van der Waals surface area contributed by atoms with E-state index in [-0.39, 0.29) is 11.6 Å². The predicted octanol–water partition coefficient (Wildman–Crippen LogP) is 3.06. The highest BCUT2D eigenvalue weighted by Gasteiger charge is 2.24. The number of aromatic nitrogens is 2. The van der Waals surface area contributed by atoms with Crippen LogP contribution in [0.15, 0.2) is 12.1 Å². The van der Waals surface area contributed by atoms with Gasteiger partial charge in [0.15, 0.2) is 16.4 Å². The Balaban J connectivity index is 2.17. The Morgan fingerprint density at radius 3 is 2.68 bits per heavy atom. The molecule has 1 aliphatic heterocycles.